The Bertz CT molecular complexity index is 1040. The Hall–Kier alpha value is -2.46. The molecule has 0 spiro atoms. The molecule has 0 aliphatic rings. The Kier molecular flexibility index (Phi) is 3.61. The molecule has 0 aliphatic heterocycles. The normalized spacial score (nSPS) is 12.7. The minimum Gasteiger partial charge on any atom is -0.236 e. The zero-order valence-electron chi connectivity index (χ0n) is 12.2. The van der Waals surface area contributed by atoms with Crippen molar-refractivity contribution in [1.82, 2.24) is 14.6 Å². The summed E-state index contributed by atoms with van der Waals surface area (Å²) in [5.74, 6) is 0. The second-order valence-corrected chi connectivity index (χ2v) is 6.74. The van der Waals surface area contributed by atoms with Gasteiger partial charge < -0.3 is 0 Å². The Morgan fingerprint density at radius 1 is 1.21 bits per heavy atom. The summed E-state index contributed by atoms with van der Waals surface area (Å²) >= 11 is 0. The maximum Gasteiger partial charge on any atom is 0.417 e. The molecule has 0 saturated heterocycles. The number of sulfonamides is 1. The number of rotatable bonds is 2. The first-order valence-electron chi connectivity index (χ1n) is 6.62. The third kappa shape index (κ3) is 2.85. The maximum atomic E-state index is 13.2. The molecular weight excluding hydrogens is 345 g/mol. The van der Waals surface area contributed by atoms with Crippen molar-refractivity contribution in [2.75, 3.05) is 0 Å². The quantitative estimate of drug-likeness (QED) is 0.763. The van der Waals surface area contributed by atoms with Crippen LogP contribution in [0.3, 0.4) is 0 Å². The van der Waals surface area contributed by atoms with E-state index in [-0.39, 0.29) is 5.56 Å². The topological polar surface area (TPSA) is 90.3 Å². The number of fused-ring (bicyclic) bond motifs is 1. The first-order chi connectivity index (χ1) is 11.1. The molecule has 0 saturated carbocycles. The number of aromatic nitrogens is 3. The van der Waals surface area contributed by atoms with Crippen LogP contribution >= 0.6 is 0 Å². The van der Waals surface area contributed by atoms with Crippen molar-refractivity contribution in [2.24, 2.45) is 5.14 Å². The molecule has 2 heterocycles. The standard InChI is InChI=1S/C14H11F3N4O2S/c1-8-5-19-13-10(6-20-21(13)7-8)9-2-3-12(24(18,22)23)11(4-9)14(15,16)17/h2-7H,1H3,(H2,18,22,23). The second kappa shape index (κ2) is 5.28. The minimum atomic E-state index is -4.87. The number of halogens is 3. The van der Waals surface area contributed by atoms with E-state index in [1.54, 1.807) is 19.3 Å². The molecule has 10 heteroatoms. The Morgan fingerprint density at radius 2 is 1.92 bits per heavy atom. The highest BCUT2D eigenvalue weighted by molar-refractivity contribution is 7.89. The van der Waals surface area contributed by atoms with E-state index in [0.29, 0.717) is 11.2 Å². The number of benzene rings is 1. The Balaban J connectivity index is 2.26. The molecule has 1 aromatic carbocycles. The van der Waals surface area contributed by atoms with E-state index >= 15 is 0 Å². The van der Waals surface area contributed by atoms with Crippen molar-refractivity contribution >= 4 is 15.7 Å². The largest absolute Gasteiger partial charge is 0.417 e. The van der Waals surface area contributed by atoms with Crippen LogP contribution in [0, 0.1) is 6.92 Å². The fourth-order valence-corrected chi connectivity index (χ4v) is 3.08. The molecule has 0 fully saturated rings. The lowest BCUT2D eigenvalue weighted by Crippen LogP contribution is -2.19. The van der Waals surface area contributed by atoms with Gasteiger partial charge in [0.15, 0.2) is 5.65 Å². The van der Waals surface area contributed by atoms with Crippen LogP contribution in [0.5, 0.6) is 0 Å². The van der Waals surface area contributed by atoms with Gasteiger partial charge in [-0.25, -0.2) is 23.1 Å². The lowest BCUT2D eigenvalue weighted by atomic mass is 10.1. The summed E-state index contributed by atoms with van der Waals surface area (Å²) in [5.41, 5.74) is 0.353. The molecule has 126 valence electrons. The van der Waals surface area contributed by atoms with Crippen molar-refractivity contribution in [3.63, 3.8) is 0 Å². The van der Waals surface area contributed by atoms with Gasteiger partial charge in [-0.3, -0.25) is 0 Å². The third-order valence-electron chi connectivity index (χ3n) is 3.39. The van der Waals surface area contributed by atoms with E-state index < -0.39 is 26.7 Å². The predicted molar refractivity (Wildman–Crippen MR) is 79.5 cm³/mol. The molecule has 24 heavy (non-hydrogen) atoms. The van der Waals surface area contributed by atoms with Gasteiger partial charge in [0.05, 0.1) is 16.7 Å². The molecule has 0 aliphatic carbocycles. The van der Waals surface area contributed by atoms with Crippen molar-refractivity contribution in [3.8, 4) is 11.1 Å². The monoisotopic (exact) mass is 356 g/mol. The third-order valence-corrected chi connectivity index (χ3v) is 4.36. The summed E-state index contributed by atoms with van der Waals surface area (Å²) in [7, 11) is -4.51. The second-order valence-electron chi connectivity index (χ2n) is 5.21. The van der Waals surface area contributed by atoms with Crippen LogP contribution in [0.25, 0.3) is 16.8 Å². The molecule has 3 aromatic rings. The van der Waals surface area contributed by atoms with E-state index in [1.807, 2.05) is 0 Å². The van der Waals surface area contributed by atoms with Crippen LogP contribution in [0.15, 0.2) is 41.7 Å². The van der Waals surface area contributed by atoms with E-state index in [1.165, 1.54) is 16.8 Å². The average molecular weight is 356 g/mol. The number of primary sulfonamides is 1. The lowest BCUT2D eigenvalue weighted by Gasteiger charge is -2.12. The van der Waals surface area contributed by atoms with Gasteiger partial charge in [0, 0.05) is 18.0 Å². The lowest BCUT2D eigenvalue weighted by molar-refractivity contribution is -0.139. The van der Waals surface area contributed by atoms with Crippen molar-refractivity contribution in [2.45, 2.75) is 18.0 Å². The first kappa shape index (κ1) is 16.4. The summed E-state index contributed by atoms with van der Waals surface area (Å²) in [6, 6.07) is 2.82. The van der Waals surface area contributed by atoms with E-state index in [9.17, 15) is 21.6 Å². The van der Waals surface area contributed by atoms with E-state index in [0.717, 1.165) is 17.7 Å². The van der Waals surface area contributed by atoms with E-state index in [4.69, 9.17) is 5.14 Å². The van der Waals surface area contributed by atoms with Crippen LogP contribution in [0.1, 0.15) is 11.1 Å². The van der Waals surface area contributed by atoms with Gasteiger partial charge in [-0.1, -0.05) is 6.07 Å². The minimum absolute atomic E-state index is 0.140. The fraction of sp³-hybridized carbons (Fsp3) is 0.143. The number of alkyl halides is 3. The zero-order chi connectivity index (χ0) is 17.7. The highest BCUT2D eigenvalue weighted by Gasteiger charge is 2.36. The summed E-state index contributed by atoms with van der Waals surface area (Å²) in [4.78, 5) is 3.18. The molecule has 0 amide bonds. The molecule has 0 atom stereocenters. The van der Waals surface area contributed by atoms with Crippen LogP contribution in [0.2, 0.25) is 0 Å². The molecule has 0 radical (unpaired) electrons. The number of hydrogen-bond acceptors (Lipinski definition) is 4. The molecule has 0 unspecified atom stereocenters. The van der Waals surface area contributed by atoms with E-state index in [2.05, 4.69) is 10.1 Å². The van der Waals surface area contributed by atoms with Crippen molar-refractivity contribution in [1.29, 1.82) is 0 Å². The fourth-order valence-electron chi connectivity index (χ4n) is 2.34. The van der Waals surface area contributed by atoms with Crippen LogP contribution in [0.4, 0.5) is 13.2 Å². The smallest absolute Gasteiger partial charge is 0.236 e. The SMILES string of the molecule is Cc1cnc2c(-c3ccc(S(N)(=O)=O)c(C(F)(F)F)c3)cnn2c1. The van der Waals surface area contributed by atoms with Gasteiger partial charge in [0.2, 0.25) is 10.0 Å². The van der Waals surface area contributed by atoms with Crippen LogP contribution in [-0.2, 0) is 16.2 Å². The molecule has 0 bridgehead atoms. The van der Waals surface area contributed by atoms with Gasteiger partial charge in [0.25, 0.3) is 0 Å². The summed E-state index contributed by atoms with van der Waals surface area (Å²) < 4.78 is 63.9. The predicted octanol–water partition coefficient (Wildman–Crippen LogP) is 2.37. The Morgan fingerprint density at radius 3 is 2.54 bits per heavy atom. The molecule has 2 aromatic heterocycles. The molecule has 2 N–H and O–H groups in total. The van der Waals surface area contributed by atoms with Gasteiger partial charge in [-0.05, 0) is 30.2 Å². The zero-order valence-corrected chi connectivity index (χ0v) is 13.1. The number of hydrogen-bond donors (Lipinski definition) is 1. The summed E-state index contributed by atoms with van der Waals surface area (Å²) in [6.45, 7) is 1.80. The van der Waals surface area contributed by atoms with Gasteiger partial charge in [0.1, 0.15) is 0 Å². The Labute approximate surface area is 134 Å². The molecule has 3 rings (SSSR count). The molecule has 6 nitrogen and oxygen atoms in total. The molecular formula is C14H11F3N4O2S. The van der Waals surface area contributed by atoms with Gasteiger partial charge in [-0.15, -0.1) is 0 Å². The maximum absolute atomic E-state index is 13.2. The number of nitrogens with two attached hydrogens (primary N) is 1. The first-order valence-corrected chi connectivity index (χ1v) is 8.16. The van der Waals surface area contributed by atoms with Gasteiger partial charge >= 0.3 is 6.18 Å². The average Bonchev–Trinajstić information content (AvgIpc) is 2.87. The van der Waals surface area contributed by atoms with Gasteiger partial charge in [-0.2, -0.15) is 18.3 Å². The number of aryl methyl sites for hydroxylation is 1. The summed E-state index contributed by atoms with van der Waals surface area (Å²) in [6.07, 6.45) is -0.266. The van der Waals surface area contributed by atoms with Crippen LogP contribution < -0.4 is 5.14 Å². The van der Waals surface area contributed by atoms with Crippen LogP contribution in [-0.4, -0.2) is 23.0 Å². The highest BCUT2D eigenvalue weighted by Crippen LogP contribution is 2.37. The highest BCUT2D eigenvalue weighted by atomic mass is 32.2. The van der Waals surface area contributed by atoms with Crippen molar-refractivity contribution < 1.29 is 21.6 Å². The number of nitrogens with zero attached hydrogens (tertiary/aromatic N) is 3. The van der Waals surface area contributed by atoms with Crippen molar-refractivity contribution in [3.05, 3.63) is 47.9 Å². The summed E-state index contributed by atoms with van der Waals surface area (Å²) in [5, 5.41) is 8.92.